The maximum absolute atomic E-state index is 5.88. The van der Waals surface area contributed by atoms with Gasteiger partial charge in [-0.15, -0.1) is 0 Å². The molecule has 0 spiro atoms. The van der Waals surface area contributed by atoms with Crippen molar-refractivity contribution in [3.63, 3.8) is 0 Å². The highest BCUT2D eigenvalue weighted by Crippen LogP contribution is 2.34. The van der Waals surface area contributed by atoms with E-state index in [2.05, 4.69) is 58.0 Å². The lowest BCUT2D eigenvalue weighted by atomic mass is 9.89. The van der Waals surface area contributed by atoms with Crippen LogP contribution < -0.4 is 15.5 Å². The van der Waals surface area contributed by atoms with Gasteiger partial charge in [-0.05, 0) is 30.4 Å². The molecule has 0 saturated heterocycles. The molecule has 0 unspecified atom stereocenters. The van der Waals surface area contributed by atoms with E-state index >= 15 is 0 Å². The van der Waals surface area contributed by atoms with Crippen LogP contribution in [0.3, 0.4) is 0 Å². The molecule has 6 heteroatoms. The number of hydrogen-bond acceptors (Lipinski definition) is 6. The summed E-state index contributed by atoms with van der Waals surface area (Å²) >= 11 is 0. The fourth-order valence-electron chi connectivity index (χ4n) is 3.38. The molecule has 2 heterocycles. The Morgan fingerprint density at radius 2 is 1.96 bits per heavy atom. The van der Waals surface area contributed by atoms with E-state index in [-0.39, 0.29) is 5.95 Å². The summed E-state index contributed by atoms with van der Waals surface area (Å²) in [5.74, 6) is 2.15. The summed E-state index contributed by atoms with van der Waals surface area (Å²) in [6.45, 7) is 5.20. The number of benzene rings is 1. The third-order valence-corrected chi connectivity index (χ3v) is 4.58. The van der Waals surface area contributed by atoms with Gasteiger partial charge < -0.3 is 15.5 Å². The lowest BCUT2D eigenvalue weighted by molar-refractivity contribution is 0.409. The zero-order valence-electron chi connectivity index (χ0n) is 14.9. The topological polar surface area (TPSA) is 71.2 Å². The fraction of sp³-hybridized carbons (Fsp3) is 0.500. The Morgan fingerprint density at radius 3 is 2.67 bits per heavy atom. The van der Waals surface area contributed by atoms with Crippen LogP contribution in [0.1, 0.15) is 31.7 Å². The summed E-state index contributed by atoms with van der Waals surface area (Å²) in [6, 6.07) is 9.09. The molecule has 0 amide bonds. The normalized spacial score (nSPS) is 17.0. The quantitative estimate of drug-likeness (QED) is 0.931. The maximum atomic E-state index is 5.88. The monoisotopic (exact) mass is 326 g/mol. The Hall–Kier alpha value is -2.37. The number of aromatic nitrogens is 3. The summed E-state index contributed by atoms with van der Waals surface area (Å²) in [7, 11) is 3.82. The first-order valence-corrected chi connectivity index (χ1v) is 8.48. The molecule has 1 aromatic heterocycles. The van der Waals surface area contributed by atoms with Crippen molar-refractivity contribution in [3.8, 4) is 0 Å². The minimum absolute atomic E-state index is 0.273. The standard InChI is InChI=1S/C18H26N6/c1-12(2)14-10-9-13-7-5-6-8-15(13)24(14)11-16-20-17(19)22-18(21-16)23(3)4/h5-8,12,14H,9-11H2,1-4H3,(H2,19,20,21,22)/t14-/m0/s1. The number of rotatable bonds is 4. The molecule has 1 aromatic carbocycles. The zero-order valence-corrected chi connectivity index (χ0v) is 14.9. The van der Waals surface area contributed by atoms with Crippen LogP contribution in [-0.2, 0) is 13.0 Å². The van der Waals surface area contributed by atoms with E-state index in [1.54, 1.807) is 0 Å². The van der Waals surface area contributed by atoms with E-state index in [1.165, 1.54) is 11.3 Å². The van der Waals surface area contributed by atoms with Gasteiger partial charge in [-0.25, -0.2) is 0 Å². The third-order valence-electron chi connectivity index (χ3n) is 4.58. The van der Waals surface area contributed by atoms with E-state index in [0.717, 1.165) is 12.8 Å². The maximum Gasteiger partial charge on any atom is 0.229 e. The van der Waals surface area contributed by atoms with Gasteiger partial charge in [0.1, 0.15) is 0 Å². The number of anilines is 3. The van der Waals surface area contributed by atoms with Crippen molar-refractivity contribution in [2.75, 3.05) is 29.6 Å². The molecular weight excluding hydrogens is 300 g/mol. The highest BCUT2D eigenvalue weighted by atomic mass is 15.3. The van der Waals surface area contributed by atoms with Crippen molar-refractivity contribution in [2.24, 2.45) is 5.92 Å². The van der Waals surface area contributed by atoms with Crippen molar-refractivity contribution < 1.29 is 0 Å². The van der Waals surface area contributed by atoms with E-state index in [4.69, 9.17) is 5.73 Å². The van der Waals surface area contributed by atoms with Crippen LogP contribution >= 0.6 is 0 Å². The fourth-order valence-corrected chi connectivity index (χ4v) is 3.38. The predicted molar refractivity (Wildman–Crippen MR) is 98.1 cm³/mol. The van der Waals surface area contributed by atoms with Crippen LogP contribution in [-0.4, -0.2) is 35.1 Å². The number of nitrogens with two attached hydrogens (primary N) is 1. The molecule has 0 fully saturated rings. The minimum atomic E-state index is 0.273. The van der Waals surface area contributed by atoms with Gasteiger partial charge in [-0.1, -0.05) is 32.0 Å². The molecule has 1 atom stereocenters. The number of nitrogen functional groups attached to an aromatic ring is 1. The Morgan fingerprint density at radius 1 is 1.21 bits per heavy atom. The first-order valence-electron chi connectivity index (χ1n) is 8.48. The van der Waals surface area contributed by atoms with Crippen molar-refractivity contribution in [1.82, 2.24) is 15.0 Å². The van der Waals surface area contributed by atoms with E-state index in [0.29, 0.717) is 30.3 Å². The van der Waals surface area contributed by atoms with Crippen molar-refractivity contribution in [2.45, 2.75) is 39.3 Å². The van der Waals surface area contributed by atoms with Crippen molar-refractivity contribution in [1.29, 1.82) is 0 Å². The summed E-state index contributed by atoms with van der Waals surface area (Å²) in [5.41, 5.74) is 8.56. The second-order valence-corrected chi connectivity index (χ2v) is 6.91. The van der Waals surface area contributed by atoms with Crippen LogP contribution in [0.15, 0.2) is 24.3 Å². The number of aryl methyl sites for hydroxylation is 1. The highest BCUT2D eigenvalue weighted by Gasteiger charge is 2.29. The molecule has 0 radical (unpaired) electrons. The highest BCUT2D eigenvalue weighted by molar-refractivity contribution is 5.56. The second kappa shape index (κ2) is 6.63. The number of nitrogens with zero attached hydrogens (tertiary/aromatic N) is 5. The van der Waals surface area contributed by atoms with Crippen LogP contribution in [0.4, 0.5) is 17.6 Å². The van der Waals surface area contributed by atoms with Gasteiger partial charge in [-0.2, -0.15) is 15.0 Å². The molecule has 0 bridgehead atoms. The van der Waals surface area contributed by atoms with Gasteiger partial charge in [0.2, 0.25) is 11.9 Å². The Bertz CT molecular complexity index is 712. The molecule has 3 rings (SSSR count). The smallest absolute Gasteiger partial charge is 0.229 e. The second-order valence-electron chi connectivity index (χ2n) is 6.91. The van der Waals surface area contributed by atoms with Crippen LogP contribution in [0.5, 0.6) is 0 Å². The van der Waals surface area contributed by atoms with Crippen LogP contribution in [0.25, 0.3) is 0 Å². The number of hydrogen-bond donors (Lipinski definition) is 1. The predicted octanol–water partition coefficient (Wildman–Crippen LogP) is 2.50. The molecule has 1 aliphatic rings. The molecule has 6 nitrogen and oxygen atoms in total. The van der Waals surface area contributed by atoms with Crippen LogP contribution in [0, 0.1) is 5.92 Å². The Kier molecular flexibility index (Phi) is 4.55. The minimum Gasteiger partial charge on any atom is -0.368 e. The lowest BCUT2D eigenvalue weighted by Gasteiger charge is -2.40. The number of fused-ring (bicyclic) bond motifs is 1. The largest absolute Gasteiger partial charge is 0.368 e. The van der Waals surface area contributed by atoms with Gasteiger partial charge in [0, 0.05) is 25.8 Å². The van der Waals surface area contributed by atoms with E-state index in [9.17, 15) is 0 Å². The van der Waals surface area contributed by atoms with Gasteiger partial charge in [0.05, 0.1) is 6.54 Å². The molecular formula is C18H26N6. The molecule has 24 heavy (non-hydrogen) atoms. The average molecular weight is 326 g/mol. The Labute approximate surface area is 143 Å². The molecule has 128 valence electrons. The first kappa shape index (κ1) is 16.5. The lowest BCUT2D eigenvalue weighted by Crippen LogP contribution is -2.42. The summed E-state index contributed by atoms with van der Waals surface area (Å²) < 4.78 is 0. The third kappa shape index (κ3) is 3.27. The zero-order chi connectivity index (χ0) is 17.3. The van der Waals surface area contributed by atoms with Crippen LogP contribution in [0.2, 0.25) is 0 Å². The van der Waals surface area contributed by atoms with E-state index < -0.39 is 0 Å². The average Bonchev–Trinajstić information content (AvgIpc) is 2.54. The van der Waals surface area contributed by atoms with Gasteiger partial charge in [0.25, 0.3) is 0 Å². The van der Waals surface area contributed by atoms with Gasteiger partial charge in [-0.3, -0.25) is 0 Å². The summed E-state index contributed by atoms with van der Waals surface area (Å²) in [6.07, 6.45) is 2.27. The number of para-hydroxylation sites is 1. The first-order chi connectivity index (χ1) is 11.5. The van der Waals surface area contributed by atoms with Crippen molar-refractivity contribution in [3.05, 3.63) is 35.7 Å². The summed E-state index contributed by atoms with van der Waals surface area (Å²) in [4.78, 5) is 17.4. The molecule has 2 aromatic rings. The molecule has 2 N–H and O–H groups in total. The van der Waals surface area contributed by atoms with Gasteiger partial charge in [0.15, 0.2) is 5.82 Å². The van der Waals surface area contributed by atoms with Gasteiger partial charge >= 0.3 is 0 Å². The molecule has 0 aliphatic carbocycles. The van der Waals surface area contributed by atoms with Crippen molar-refractivity contribution >= 4 is 17.6 Å². The molecule has 1 aliphatic heterocycles. The summed E-state index contributed by atoms with van der Waals surface area (Å²) in [5, 5.41) is 0. The molecule has 0 saturated carbocycles. The van der Waals surface area contributed by atoms with E-state index in [1.807, 2.05) is 19.0 Å². The Balaban J connectivity index is 1.97. The SMILES string of the molecule is CC(C)[C@@H]1CCc2ccccc2N1Cc1nc(N)nc(N(C)C)n1.